The van der Waals surface area contributed by atoms with Crippen LogP contribution in [0.4, 0.5) is 18.9 Å². The zero-order valence-electron chi connectivity index (χ0n) is 10.5. The molecule has 0 aliphatic rings. The van der Waals surface area contributed by atoms with Gasteiger partial charge in [0.15, 0.2) is 0 Å². The molecule has 0 amide bonds. The van der Waals surface area contributed by atoms with E-state index in [1.54, 1.807) is 6.92 Å². The van der Waals surface area contributed by atoms with Crippen LogP contribution in [0.15, 0.2) is 36.0 Å². The molecule has 0 heterocycles. The predicted molar refractivity (Wildman–Crippen MR) is 65.5 cm³/mol. The average molecular weight is 273 g/mol. The van der Waals surface area contributed by atoms with E-state index in [0.717, 1.165) is 12.1 Å². The number of nitrogens with one attached hydrogen (secondary N) is 1. The van der Waals surface area contributed by atoms with Crippen LogP contribution in [0, 0.1) is 0 Å². The summed E-state index contributed by atoms with van der Waals surface area (Å²) >= 11 is 0. The molecular weight excluding hydrogens is 259 g/mol. The summed E-state index contributed by atoms with van der Waals surface area (Å²) in [6.07, 6.45) is -2.72. The maximum Gasteiger partial charge on any atom is 0.416 e. The number of carbonyl (C=O) groups excluding carboxylic acids is 1. The zero-order valence-corrected chi connectivity index (χ0v) is 10.5. The van der Waals surface area contributed by atoms with Gasteiger partial charge in [0.25, 0.3) is 0 Å². The number of ether oxygens (including phenoxy) is 1. The van der Waals surface area contributed by atoms with Crippen molar-refractivity contribution in [1.82, 2.24) is 0 Å². The summed E-state index contributed by atoms with van der Waals surface area (Å²) in [7, 11) is 1.23. The van der Waals surface area contributed by atoms with E-state index < -0.39 is 17.7 Å². The van der Waals surface area contributed by atoms with E-state index in [-0.39, 0.29) is 5.69 Å². The highest BCUT2D eigenvalue weighted by Crippen LogP contribution is 2.30. The number of anilines is 1. The lowest BCUT2D eigenvalue weighted by molar-refractivity contribution is -0.137. The molecule has 0 bridgehead atoms. The Morgan fingerprint density at radius 1 is 1.42 bits per heavy atom. The number of rotatable bonds is 4. The van der Waals surface area contributed by atoms with Crippen molar-refractivity contribution >= 4 is 11.7 Å². The van der Waals surface area contributed by atoms with Gasteiger partial charge in [-0.25, -0.2) is 4.79 Å². The number of methoxy groups -OCH3 is 1. The van der Waals surface area contributed by atoms with Gasteiger partial charge in [0.2, 0.25) is 0 Å². The first-order valence-corrected chi connectivity index (χ1v) is 5.59. The van der Waals surface area contributed by atoms with Crippen LogP contribution in [0.2, 0.25) is 0 Å². The van der Waals surface area contributed by atoms with Crippen molar-refractivity contribution in [3.8, 4) is 0 Å². The topological polar surface area (TPSA) is 38.3 Å². The lowest BCUT2D eigenvalue weighted by Gasteiger charge is -2.12. The molecule has 1 N–H and O–H groups in total. The van der Waals surface area contributed by atoms with E-state index in [1.807, 2.05) is 0 Å². The normalized spacial score (nSPS) is 12.2. The smallest absolute Gasteiger partial charge is 0.416 e. The van der Waals surface area contributed by atoms with Crippen LogP contribution in [0.25, 0.3) is 0 Å². The molecule has 0 saturated heterocycles. The Hall–Kier alpha value is -1.98. The summed E-state index contributed by atoms with van der Waals surface area (Å²) in [4.78, 5) is 11.1. The SMILES string of the molecule is CCC(=CC(=O)OC)Nc1cccc(C(F)(F)F)c1. The fourth-order valence-electron chi connectivity index (χ4n) is 1.39. The van der Waals surface area contributed by atoms with Gasteiger partial charge in [-0.05, 0) is 24.6 Å². The predicted octanol–water partition coefficient (Wildman–Crippen LogP) is 3.58. The molecule has 0 aromatic heterocycles. The van der Waals surface area contributed by atoms with Gasteiger partial charge in [-0.2, -0.15) is 13.2 Å². The minimum absolute atomic E-state index is 0.270. The number of carbonyl (C=O) groups is 1. The molecule has 104 valence electrons. The second-order valence-electron chi connectivity index (χ2n) is 3.75. The lowest BCUT2D eigenvalue weighted by Crippen LogP contribution is -2.07. The monoisotopic (exact) mass is 273 g/mol. The lowest BCUT2D eigenvalue weighted by atomic mass is 10.2. The Morgan fingerprint density at radius 3 is 2.63 bits per heavy atom. The van der Waals surface area contributed by atoms with Crippen molar-refractivity contribution in [2.45, 2.75) is 19.5 Å². The summed E-state index contributed by atoms with van der Waals surface area (Å²) in [6, 6.07) is 4.77. The molecule has 1 aromatic rings. The minimum Gasteiger partial charge on any atom is -0.466 e. The molecule has 6 heteroatoms. The summed E-state index contributed by atoms with van der Waals surface area (Å²) in [5.74, 6) is -0.559. The van der Waals surface area contributed by atoms with Crippen LogP contribution < -0.4 is 5.32 Å². The molecule has 3 nitrogen and oxygen atoms in total. The number of benzene rings is 1. The summed E-state index contributed by atoms with van der Waals surface area (Å²) in [5, 5.41) is 2.77. The molecule has 0 radical (unpaired) electrons. The number of allylic oxidation sites excluding steroid dienone is 1. The van der Waals surface area contributed by atoms with Crippen LogP contribution in [-0.2, 0) is 15.7 Å². The van der Waals surface area contributed by atoms with Gasteiger partial charge < -0.3 is 10.1 Å². The van der Waals surface area contributed by atoms with Crippen LogP contribution in [0.5, 0.6) is 0 Å². The Labute approximate surface area is 109 Å². The zero-order chi connectivity index (χ0) is 14.5. The maximum absolute atomic E-state index is 12.5. The summed E-state index contributed by atoms with van der Waals surface area (Å²) in [5.41, 5.74) is 0.00373. The first kappa shape index (κ1) is 15.1. The Kier molecular flexibility index (Phi) is 4.97. The molecule has 0 fully saturated rings. The fourth-order valence-corrected chi connectivity index (χ4v) is 1.39. The van der Waals surface area contributed by atoms with Gasteiger partial charge in [0, 0.05) is 17.5 Å². The average Bonchev–Trinajstić information content (AvgIpc) is 2.37. The molecule has 0 aliphatic carbocycles. The molecule has 0 aliphatic heterocycles. The van der Waals surface area contributed by atoms with E-state index in [2.05, 4.69) is 10.1 Å². The largest absolute Gasteiger partial charge is 0.466 e. The molecule has 1 rings (SSSR count). The molecule has 19 heavy (non-hydrogen) atoms. The van der Waals surface area contributed by atoms with Crippen LogP contribution >= 0.6 is 0 Å². The van der Waals surface area contributed by atoms with Crippen molar-refractivity contribution in [2.24, 2.45) is 0 Å². The van der Waals surface area contributed by atoms with Crippen molar-refractivity contribution in [3.63, 3.8) is 0 Å². The number of alkyl halides is 3. The second-order valence-corrected chi connectivity index (χ2v) is 3.75. The highest BCUT2D eigenvalue weighted by atomic mass is 19.4. The van der Waals surface area contributed by atoms with Crippen molar-refractivity contribution in [3.05, 3.63) is 41.6 Å². The van der Waals surface area contributed by atoms with Crippen molar-refractivity contribution in [1.29, 1.82) is 0 Å². The number of hydrogen-bond acceptors (Lipinski definition) is 3. The van der Waals surface area contributed by atoms with Crippen LogP contribution in [0.1, 0.15) is 18.9 Å². The molecule has 0 spiro atoms. The Morgan fingerprint density at radius 2 is 2.11 bits per heavy atom. The van der Waals surface area contributed by atoms with E-state index in [1.165, 1.54) is 25.3 Å². The highest BCUT2D eigenvalue weighted by molar-refractivity contribution is 5.83. The van der Waals surface area contributed by atoms with E-state index in [9.17, 15) is 18.0 Å². The first-order valence-electron chi connectivity index (χ1n) is 5.59. The van der Waals surface area contributed by atoms with Gasteiger partial charge in [-0.3, -0.25) is 0 Å². The molecule has 1 aromatic carbocycles. The summed E-state index contributed by atoms with van der Waals surface area (Å²) in [6.45, 7) is 1.77. The number of halogens is 3. The van der Waals surface area contributed by atoms with Crippen LogP contribution in [-0.4, -0.2) is 13.1 Å². The minimum atomic E-state index is -4.39. The fraction of sp³-hybridized carbons (Fsp3) is 0.308. The third-order valence-corrected chi connectivity index (χ3v) is 2.37. The van der Waals surface area contributed by atoms with Crippen molar-refractivity contribution < 1.29 is 22.7 Å². The van der Waals surface area contributed by atoms with Crippen LogP contribution in [0.3, 0.4) is 0 Å². The van der Waals surface area contributed by atoms with Gasteiger partial charge >= 0.3 is 12.1 Å². The van der Waals surface area contributed by atoms with Gasteiger partial charge in [0.05, 0.1) is 12.7 Å². The van der Waals surface area contributed by atoms with E-state index in [4.69, 9.17) is 0 Å². The van der Waals surface area contributed by atoms with Gasteiger partial charge in [-0.15, -0.1) is 0 Å². The summed E-state index contributed by atoms with van der Waals surface area (Å²) < 4.78 is 42.1. The highest BCUT2D eigenvalue weighted by Gasteiger charge is 2.30. The van der Waals surface area contributed by atoms with Gasteiger partial charge in [0.1, 0.15) is 0 Å². The standard InChI is InChI=1S/C13H14F3NO2/c1-3-10(8-12(18)19-2)17-11-6-4-5-9(7-11)13(14,15)16/h4-8,17H,3H2,1-2H3. The van der Waals surface area contributed by atoms with Gasteiger partial charge in [-0.1, -0.05) is 13.0 Å². The first-order chi connectivity index (χ1) is 8.86. The van der Waals surface area contributed by atoms with E-state index in [0.29, 0.717) is 12.1 Å². The number of hydrogen-bond donors (Lipinski definition) is 1. The molecule has 0 saturated carbocycles. The molecular formula is C13H14F3NO2. The number of esters is 1. The quantitative estimate of drug-likeness (QED) is 0.673. The third-order valence-electron chi connectivity index (χ3n) is 2.37. The van der Waals surface area contributed by atoms with Crippen molar-refractivity contribution in [2.75, 3.05) is 12.4 Å². The Balaban J connectivity index is 2.93. The third kappa shape index (κ3) is 4.65. The Bertz CT molecular complexity index is 481. The molecule has 0 unspecified atom stereocenters. The molecule has 0 atom stereocenters. The van der Waals surface area contributed by atoms with E-state index >= 15 is 0 Å². The maximum atomic E-state index is 12.5. The second kappa shape index (κ2) is 6.26.